The molecule has 0 fully saturated rings. The molecule has 0 spiro atoms. The first kappa shape index (κ1) is 21.1. The Labute approximate surface area is 190 Å². The number of aryl methyl sites for hydroxylation is 1. The maximum Gasteiger partial charge on any atom is 0.336 e. The fourth-order valence-electron chi connectivity index (χ4n) is 3.32. The van der Waals surface area contributed by atoms with E-state index in [9.17, 15) is 14.4 Å². The third-order valence-corrected chi connectivity index (χ3v) is 5.54. The minimum absolute atomic E-state index is 0.258. The molecule has 8 heteroatoms. The summed E-state index contributed by atoms with van der Waals surface area (Å²) in [5.74, 6) is -0.383. The molecule has 0 atom stereocenters. The first-order valence-electron chi connectivity index (χ1n) is 9.41. The number of amides is 1. The highest BCUT2D eigenvalue weighted by Crippen LogP contribution is 2.18. The zero-order chi connectivity index (χ0) is 22.1. The van der Waals surface area contributed by atoms with Crippen LogP contribution in [-0.2, 0) is 11.3 Å². The van der Waals surface area contributed by atoms with Gasteiger partial charge in [0.15, 0.2) is 0 Å². The molecule has 1 heterocycles. The van der Waals surface area contributed by atoms with E-state index in [0.29, 0.717) is 31.8 Å². The summed E-state index contributed by atoms with van der Waals surface area (Å²) in [6.45, 7) is 1.69. The lowest BCUT2D eigenvalue weighted by molar-refractivity contribution is -0.116. The average molecular weight is 499 g/mol. The van der Waals surface area contributed by atoms with Crippen molar-refractivity contribution in [3.05, 3.63) is 103 Å². The van der Waals surface area contributed by atoms with Gasteiger partial charge in [-0.1, -0.05) is 51.3 Å². The predicted molar refractivity (Wildman–Crippen MR) is 126 cm³/mol. The van der Waals surface area contributed by atoms with Crippen molar-refractivity contribution in [1.29, 1.82) is 0 Å². The minimum atomic E-state index is -0.624. The summed E-state index contributed by atoms with van der Waals surface area (Å²) in [4.78, 5) is 39.2. The molecule has 0 saturated heterocycles. The van der Waals surface area contributed by atoms with Gasteiger partial charge in [0.1, 0.15) is 6.54 Å². The maximum absolute atomic E-state index is 13.3. The van der Waals surface area contributed by atoms with Gasteiger partial charge in [-0.2, -0.15) is 0 Å². The number of hydrogen-bond acceptors (Lipinski definition) is 3. The Morgan fingerprint density at radius 3 is 2.48 bits per heavy atom. The molecule has 0 saturated carbocycles. The van der Waals surface area contributed by atoms with Crippen molar-refractivity contribution in [2.24, 2.45) is 0 Å². The van der Waals surface area contributed by atoms with Gasteiger partial charge in [0.25, 0.3) is 5.56 Å². The first-order valence-corrected chi connectivity index (χ1v) is 10.6. The summed E-state index contributed by atoms with van der Waals surface area (Å²) < 4.78 is 3.00. The summed E-state index contributed by atoms with van der Waals surface area (Å²) in [5.41, 5.74) is 1.28. The summed E-state index contributed by atoms with van der Waals surface area (Å²) in [7, 11) is 0. The number of anilines is 1. The van der Waals surface area contributed by atoms with E-state index in [1.54, 1.807) is 48.5 Å². The number of benzene rings is 3. The van der Waals surface area contributed by atoms with Crippen molar-refractivity contribution in [1.82, 2.24) is 9.13 Å². The van der Waals surface area contributed by atoms with Gasteiger partial charge in [-0.3, -0.25) is 14.2 Å². The zero-order valence-electron chi connectivity index (χ0n) is 16.4. The maximum atomic E-state index is 13.3. The highest BCUT2D eigenvalue weighted by atomic mass is 79.9. The fraction of sp³-hybridized carbons (Fsp3) is 0.0870. The second kappa shape index (κ2) is 8.53. The van der Waals surface area contributed by atoms with Gasteiger partial charge in [0, 0.05) is 15.2 Å². The average Bonchev–Trinajstić information content (AvgIpc) is 2.73. The quantitative estimate of drug-likeness (QED) is 0.450. The fourth-order valence-corrected chi connectivity index (χ4v) is 3.87. The molecule has 1 amide bonds. The Balaban J connectivity index is 1.85. The van der Waals surface area contributed by atoms with Gasteiger partial charge in [-0.25, -0.2) is 9.36 Å². The lowest BCUT2D eigenvalue weighted by Gasteiger charge is -2.15. The Morgan fingerprint density at radius 1 is 1.03 bits per heavy atom. The summed E-state index contributed by atoms with van der Waals surface area (Å²) in [6.07, 6.45) is 0. The molecule has 3 aromatic carbocycles. The third kappa shape index (κ3) is 4.33. The second-order valence-electron chi connectivity index (χ2n) is 7.06. The number of halogens is 2. The SMILES string of the molecule is Cc1ccc(NC(=O)Cn2c(=O)n(-c3cccc(Cl)c3)c(=O)c3cc(Br)ccc32)cc1. The van der Waals surface area contributed by atoms with Gasteiger partial charge in [-0.15, -0.1) is 0 Å². The molecule has 156 valence electrons. The molecule has 4 aromatic rings. The van der Waals surface area contributed by atoms with E-state index in [-0.39, 0.29) is 12.5 Å². The molecular weight excluding hydrogens is 482 g/mol. The minimum Gasteiger partial charge on any atom is -0.325 e. The van der Waals surface area contributed by atoms with Crippen molar-refractivity contribution < 1.29 is 4.79 Å². The van der Waals surface area contributed by atoms with E-state index < -0.39 is 11.2 Å². The molecular formula is C23H17BrClN3O3. The van der Waals surface area contributed by atoms with Crippen molar-refractivity contribution in [2.45, 2.75) is 13.5 Å². The molecule has 0 aliphatic heterocycles. The van der Waals surface area contributed by atoms with Gasteiger partial charge < -0.3 is 5.32 Å². The Bertz CT molecular complexity index is 1430. The Morgan fingerprint density at radius 2 is 1.77 bits per heavy atom. The second-order valence-corrected chi connectivity index (χ2v) is 8.42. The Kier molecular flexibility index (Phi) is 5.80. The van der Waals surface area contributed by atoms with E-state index in [1.807, 2.05) is 19.1 Å². The largest absolute Gasteiger partial charge is 0.336 e. The van der Waals surface area contributed by atoms with E-state index in [2.05, 4.69) is 21.2 Å². The number of carbonyl (C=O) groups excluding carboxylic acids is 1. The van der Waals surface area contributed by atoms with Crippen LogP contribution in [0, 0.1) is 6.92 Å². The van der Waals surface area contributed by atoms with Crippen LogP contribution >= 0.6 is 27.5 Å². The number of hydrogen-bond donors (Lipinski definition) is 1. The first-order chi connectivity index (χ1) is 14.8. The van der Waals surface area contributed by atoms with Gasteiger partial charge in [0.2, 0.25) is 5.91 Å². The highest BCUT2D eigenvalue weighted by Gasteiger charge is 2.17. The van der Waals surface area contributed by atoms with Crippen LogP contribution in [0.5, 0.6) is 0 Å². The molecule has 1 N–H and O–H groups in total. The summed E-state index contributed by atoms with van der Waals surface area (Å²) in [6, 6.07) is 18.8. The monoisotopic (exact) mass is 497 g/mol. The smallest absolute Gasteiger partial charge is 0.325 e. The standard InChI is InChI=1S/C23H17BrClN3O3/c1-14-5-8-17(9-6-14)26-21(29)13-27-20-10-7-15(24)11-19(20)22(30)28(23(27)31)18-4-2-3-16(25)12-18/h2-12H,13H2,1H3,(H,26,29). The third-order valence-electron chi connectivity index (χ3n) is 4.81. The van der Waals surface area contributed by atoms with Crippen molar-refractivity contribution in [2.75, 3.05) is 5.32 Å². The molecule has 0 aliphatic carbocycles. The van der Waals surface area contributed by atoms with Crippen LogP contribution in [0.15, 0.2) is 80.8 Å². The van der Waals surface area contributed by atoms with Gasteiger partial charge in [0.05, 0.1) is 16.6 Å². The lowest BCUT2D eigenvalue weighted by atomic mass is 10.2. The number of carbonyl (C=O) groups is 1. The van der Waals surface area contributed by atoms with E-state index >= 15 is 0 Å². The molecule has 31 heavy (non-hydrogen) atoms. The highest BCUT2D eigenvalue weighted by molar-refractivity contribution is 9.10. The lowest BCUT2D eigenvalue weighted by Crippen LogP contribution is -2.40. The molecule has 0 unspecified atom stereocenters. The van der Waals surface area contributed by atoms with Crippen LogP contribution in [0.3, 0.4) is 0 Å². The molecule has 6 nitrogen and oxygen atoms in total. The van der Waals surface area contributed by atoms with Crippen LogP contribution in [-0.4, -0.2) is 15.0 Å². The van der Waals surface area contributed by atoms with Crippen LogP contribution < -0.4 is 16.6 Å². The van der Waals surface area contributed by atoms with E-state index in [1.165, 1.54) is 10.6 Å². The molecule has 0 radical (unpaired) electrons. The number of nitrogens with one attached hydrogen (secondary N) is 1. The van der Waals surface area contributed by atoms with Crippen molar-refractivity contribution >= 4 is 50.0 Å². The Hall–Kier alpha value is -3.16. The number of aromatic nitrogens is 2. The normalized spacial score (nSPS) is 10.9. The topological polar surface area (TPSA) is 73.1 Å². The van der Waals surface area contributed by atoms with Gasteiger partial charge >= 0.3 is 5.69 Å². The molecule has 4 rings (SSSR count). The predicted octanol–water partition coefficient (Wildman–Crippen LogP) is 4.52. The van der Waals surface area contributed by atoms with Crippen LogP contribution in [0.25, 0.3) is 16.6 Å². The molecule has 0 bridgehead atoms. The van der Waals surface area contributed by atoms with Crippen molar-refractivity contribution in [3.8, 4) is 5.69 Å². The van der Waals surface area contributed by atoms with Crippen LogP contribution in [0.2, 0.25) is 5.02 Å². The number of rotatable bonds is 4. The molecule has 0 aliphatic rings. The summed E-state index contributed by atoms with van der Waals surface area (Å²) in [5, 5.41) is 3.48. The molecule has 1 aromatic heterocycles. The van der Waals surface area contributed by atoms with Gasteiger partial charge in [-0.05, 0) is 55.5 Å². The van der Waals surface area contributed by atoms with Crippen molar-refractivity contribution in [3.63, 3.8) is 0 Å². The zero-order valence-corrected chi connectivity index (χ0v) is 18.8. The van der Waals surface area contributed by atoms with Crippen LogP contribution in [0.1, 0.15) is 5.56 Å². The van der Waals surface area contributed by atoms with E-state index in [4.69, 9.17) is 11.6 Å². The van der Waals surface area contributed by atoms with E-state index in [0.717, 1.165) is 10.1 Å². The van der Waals surface area contributed by atoms with Crippen LogP contribution in [0.4, 0.5) is 5.69 Å². The number of fused-ring (bicyclic) bond motifs is 1. The summed E-state index contributed by atoms with van der Waals surface area (Å²) >= 11 is 9.44. The number of nitrogens with zero attached hydrogens (tertiary/aromatic N) is 2.